The lowest BCUT2D eigenvalue weighted by molar-refractivity contribution is -0.116. The van der Waals surface area contributed by atoms with Gasteiger partial charge < -0.3 is 10.1 Å². The highest BCUT2D eigenvalue weighted by molar-refractivity contribution is 7.89. The Morgan fingerprint density at radius 3 is 1.91 bits per heavy atom. The lowest BCUT2D eigenvalue weighted by Crippen LogP contribution is -2.35. The fourth-order valence-electron chi connectivity index (χ4n) is 3.53. The lowest BCUT2D eigenvalue weighted by Gasteiger charge is -2.18. The van der Waals surface area contributed by atoms with Gasteiger partial charge in [0.2, 0.25) is 15.9 Å². The van der Waals surface area contributed by atoms with Gasteiger partial charge in [-0.2, -0.15) is 0 Å². The molecule has 168 valence electrons. The maximum atomic E-state index is 12.8. The lowest BCUT2D eigenvalue weighted by atomic mass is 9.88. The largest absolute Gasteiger partial charge is 0.383 e. The van der Waals surface area contributed by atoms with E-state index < -0.39 is 10.0 Å². The van der Waals surface area contributed by atoms with Crippen LogP contribution in [0, 0.1) is 0 Å². The molecule has 0 aromatic heterocycles. The average molecular weight is 453 g/mol. The third-order valence-corrected chi connectivity index (χ3v) is 6.62. The standard InChI is InChI=1S/C25H28N2O4S/c1-19(18-31-2)27-32(29,30)23-15-13-22(14-16-23)26-25(28)17-24(20-9-5-3-6-10-20)21-11-7-4-8-12-21/h3-16,19,24,27H,17-18H2,1-2H3,(H,26,28). The predicted molar refractivity (Wildman–Crippen MR) is 126 cm³/mol. The van der Waals surface area contributed by atoms with Crippen molar-refractivity contribution in [1.82, 2.24) is 4.72 Å². The Kier molecular flexibility index (Phi) is 8.16. The average Bonchev–Trinajstić information content (AvgIpc) is 2.79. The van der Waals surface area contributed by atoms with E-state index in [-0.39, 0.29) is 35.8 Å². The molecule has 0 saturated carbocycles. The van der Waals surface area contributed by atoms with Crippen LogP contribution >= 0.6 is 0 Å². The molecule has 0 heterocycles. The van der Waals surface area contributed by atoms with E-state index in [1.807, 2.05) is 60.7 Å². The van der Waals surface area contributed by atoms with Crippen LogP contribution in [0.5, 0.6) is 0 Å². The number of benzene rings is 3. The molecule has 0 bridgehead atoms. The Bertz CT molecular complexity index is 1060. The van der Waals surface area contributed by atoms with Crippen molar-refractivity contribution >= 4 is 21.6 Å². The van der Waals surface area contributed by atoms with Crippen molar-refractivity contribution in [3.05, 3.63) is 96.1 Å². The summed E-state index contributed by atoms with van der Waals surface area (Å²) in [6, 6.07) is 25.6. The zero-order valence-electron chi connectivity index (χ0n) is 18.2. The first-order valence-corrected chi connectivity index (χ1v) is 11.9. The highest BCUT2D eigenvalue weighted by Gasteiger charge is 2.19. The van der Waals surface area contributed by atoms with Crippen molar-refractivity contribution in [2.45, 2.75) is 30.2 Å². The summed E-state index contributed by atoms with van der Waals surface area (Å²) in [5, 5.41) is 2.88. The fraction of sp³-hybridized carbons (Fsp3) is 0.240. The first-order valence-electron chi connectivity index (χ1n) is 10.4. The zero-order chi connectivity index (χ0) is 23.0. The molecule has 32 heavy (non-hydrogen) atoms. The van der Waals surface area contributed by atoms with Gasteiger partial charge in [0.25, 0.3) is 0 Å². The number of amides is 1. The number of rotatable bonds is 10. The minimum absolute atomic E-state index is 0.0801. The molecular weight excluding hydrogens is 424 g/mol. The molecule has 0 fully saturated rings. The Hall–Kier alpha value is -3.00. The second kappa shape index (κ2) is 11.0. The summed E-state index contributed by atoms with van der Waals surface area (Å²) < 4.78 is 32.4. The van der Waals surface area contributed by atoms with Crippen LogP contribution in [0.15, 0.2) is 89.8 Å². The molecule has 0 aliphatic carbocycles. The summed E-state index contributed by atoms with van der Waals surface area (Å²) in [4.78, 5) is 12.9. The van der Waals surface area contributed by atoms with Gasteiger partial charge >= 0.3 is 0 Å². The normalized spacial score (nSPS) is 12.5. The molecule has 1 unspecified atom stereocenters. The van der Waals surface area contributed by atoms with Crippen LogP contribution in [-0.2, 0) is 19.6 Å². The summed E-state index contributed by atoms with van der Waals surface area (Å²) in [7, 11) is -2.14. The van der Waals surface area contributed by atoms with Gasteiger partial charge in [0.05, 0.1) is 11.5 Å². The summed E-state index contributed by atoms with van der Waals surface area (Å²) in [6.07, 6.45) is 0.268. The van der Waals surface area contributed by atoms with Gasteiger partial charge in [-0.25, -0.2) is 13.1 Å². The number of hydrogen-bond donors (Lipinski definition) is 2. The van der Waals surface area contributed by atoms with Gasteiger partial charge in [-0.1, -0.05) is 60.7 Å². The first-order chi connectivity index (χ1) is 15.4. The minimum Gasteiger partial charge on any atom is -0.383 e. The predicted octanol–water partition coefficient (Wildman–Crippen LogP) is 4.16. The van der Waals surface area contributed by atoms with Crippen molar-refractivity contribution in [3.63, 3.8) is 0 Å². The van der Waals surface area contributed by atoms with E-state index in [9.17, 15) is 13.2 Å². The number of ether oxygens (including phenoxy) is 1. The Balaban J connectivity index is 1.69. The van der Waals surface area contributed by atoms with E-state index in [4.69, 9.17) is 4.74 Å². The smallest absolute Gasteiger partial charge is 0.240 e. The van der Waals surface area contributed by atoms with Crippen molar-refractivity contribution in [2.75, 3.05) is 19.0 Å². The van der Waals surface area contributed by atoms with E-state index in [0.29, 0.717) is 5.69 Å². The summed E-state index contributed by atoms with van der Waals surface area (Å²) in [5.74, 6) is -0.228. The maximum Gasteiger partial charge on any atom is 0.240 e. The van der Waals surface area contributed by atoms with Crippen LogP contribution in [0.1, 0.15) is 30.4 Å². The monoisotopic (exact) mass is 452 g/mol. The van der Waals surface area contributed by atoms with E-state index >= 15 is 0 Å². The molecule has 1 amide bonds. The topological polar surface area (TPSA) is 84.5 Å². The molecule has 3 aromatic rings. The molecular formula is C25H28N2O4S. The van der Waals surface area contributed by atoms with Crippen molar-refractivity contribution < 1.29 is 17.9 Å². The number of carbonyl (C=O) groups excluding carboxylic acids is 1. The summed E-state index contributed by atoms with van der Waals surface area (Å²) in [5.41, 5.74) is 2.66. The SMILES string of the molecule is COCC(C)NS(=O)(=O)c1ccc(NC(=O)CC(c2ccccc2)c2ccccc2)cc1. The van der Waals surface area contributed by atoms with Gasteiger partial charge in [0.1, 0.15) is 0 Å². The van der Waals surface area contributed by atoms with E-state index in [1.165, 1.54) is 19.2 Å². The molecule has 0 aliphatic rings. The third-order valence-electron chi connectivity index (χ3n) is 5.01. The molecule has 2 N–H and O–H groups in total. The number of anilines is 1. The molecule has 0 aliphatic heterocycles. The highest BCUT2D eigenvalue weighted by atomic mass is 32.2. The number of carbonyl (C=O) groups is 1. The molecule has 0 spiro atoms. The van der Waals surface area contributed by atoms with Crippen molar-refractivity contribution in [1.29, 1.82) is 0 Å². The zero-order valence-corrected chi connectivity index (χ0v) is 19.0. The van der Waals surface area contributed by atoms with Crippen molar-refractivity contribution in [2.24, 2.45) is 0 Å². The third kappa shape index (κ3) is 6.50. The number of sulfonamides is 1. The number of methoxy groups -OCH3 is 1. The molecule has 3 aromatic carbocycles. The Morgan fingerprint density at radius 1 is 0.875 bits per heavy atom. The fourth-order valence-corrected chi connectivity index (χ4v) is 4.76. The van der Waals surface area contributed by atoms with E-state index in [0.717, 1.165) is 11.1 Å². The van der Waals surface area contributed by atoms with Gasteiger partial charge in [0, 0.05) is 31.2 Å². The van der Waals surface area contributed by atoms with E-state index in [2.05, 4.69) is 10.0 Å². The van der Waals surface area contributed by atoms with Crippen LogP contribution in [0.25, 0.3) is 0 Å². The molecule has 0 saturated heterocycles. The van der Waals surface area contributed by atoms with Crippen LogP contribution in [0.2, 0.25) is 0 Å². The van der Waals surface area contributed by atoms with Gasteiger partial charge in [-0.3, -0.25) is 4.79 Å². The molecule has 0 radical (unpaired) electrons. The van der Waals surface area contributed by atoms with Crippen LogP contribution in [-0.4, -0.2) is 34.1 Å². The Morgan fingerprint density at radius 2 is 1.41 bits per heavy atom. The quantitative estimate of drug-likeness (QED) is 0.484. The Labute approximate surface area is 189 Å². The van der Waals surface area contributed by atoms with Crippen LogP contribution in [0.4, 0.5) is 5.69 Å². The van der Waals surface area contributed by atoms with Crippen LogP contribution in [0.3, 0.4) is 0 Å². The second-order valence-corrected chi connectivity index (χ2v) is 9.34. The summed E-state index contributed by atoms with van der Waals surface area (Å²) >= 11 is 0. The second-order valence-electron chi connectivity index (χ2n) is 7.63. The molecule has 7 heteroatoms. The van der Waals surface area contributed by atoms with Gasteiger partial charge in [-0.15, -0.1) is 0 Å². The van der Waals surface area contributed by atoms with Gasteiger partial charge in [0.15, 0.2) is 0 Å². The van der Waals surface area contributed by atoms with E-state index in [1.54, 1.807) is 19.1 Å². The minimum atomic E-state index is -3.66. The highest BCUT2D eigenvalue weighted by Crippen LogP contribution is 2.28. The number of hydrogen-bond acceptors (Lipinski definition) is 4. The number of nitrogens with one attached hydrogen (secondary N) is 2. The summed E-state index contributed by atoms with van der Waals surface area (Å²) in [6.45, 7) is 2.00. The van der Waals surface area contributed by atoms with Crippen LogP contribution < -0.4 is 10.0 Å². The first kappa shape index (κ1) is 23.7. The maximum absolute atomic E-state index is 12.8. The molecule has 6 nitrogen and oxygen atoms in total. The molecule has 3 rings (SSSR count). The molecule has 1 atom stereocenters. The van der Waals surface area contributed by atoms with Gasteiger partial charge in [-0.05, 0) is 42.3 Å². The van der Waals surface area contributed by atoms with Crippen molar-refractivity contribution in [3.8, 4) is 0 Å².